The van der Waals surface area contributed by atoms with Gasteiger partial charge in [0.1, 0.15) is 17.5 Å². The Kier molecular flexibility index (Phi) is 3.00. The number of nitrogens with zero attached hydrogens (tertiary/aromatic N) is 4. The number of fused-ring (bicyclic) bond motifs is 1. The molecule has 22 heavy (non-hydrogen) atoms. The van der Waals surface area contributed by atoms with Crippen LogP contribution in [0.3, 0.4) is 0 Å². The average molecular weight is 292 g/mol. The van der Waals surface area contributed by atoms with Gasteiger partial charge in [0.25, 0.3) is 5.91 Å². The summed E-state index contributed by atoms with van der Waals surface area (Å²) >= 11 is 0. The summed E-state index contributed by atoms with van der Waals surface area (Å²) in [6.45, 7) is 1.80. The second kappa shape index (κ2) is 4.86. The molecule has 0 atom stereocenters. The van der Waals surface area contributed by atoms with Gasteiger partial charge in [0.05, 0.1) is 5.69 Å². The number of nitrogens with two attached hydrogens (primary N) is 2. The van der Waals surface area contributed by atoms with Crippen LogP contribution in [0.15, 0.2) is 30.3 Å². The van der Waals surface area contributed by atoms with Gasteiger partial charge in [0, 0.05) is 0 Å². The molecule has 0 radical (unpaired) electrons. The number of aromatic nitrogens is 3. The molecule has 4 N–H and O–H groups in total. The Balaban J connectivity index is 2.51. The van der Waals surface area contributed by atoms with Crippen molar-refractivity contribution in [1.29, 1.82) is 5.26 Å². The van der Waals surface area contributed by atoms with Crippen molar-refractivity contribution in [1.82, 2.24) is 14.6 Å². The summed E-state index contributed by atoms with van der Waals surface area (Å²) in [6.07, 6.45) is 0. The van der Waals surface area contributed by atoms with E-state index in [1.807, 2.05) is 30.3 Å². The molecule has 3 rings (SSSR count). The number of hydrogen-bond acceptors (Lipinski definition) is 5. The number of hydrogen-bond donors (Lipinski definition) is 2. The van der Waals surface area contributed by atoms with Crippen LogP contribution in [-0.2, 0) is 0 Å². The van der Waals surface area contributed by atoms with Crippen LogP contribution in [0.5, 0.6) is 0 Å². The lowest BCUT2D eigenvalue weighted by atomic mass is 10.1. The van der Waals surface area contributed by atoms with Crippen LogP contribution in [0.4, 0.5) is 5.82 Å². The minimum atomic E-state index is -0.768. The fraction of sp³-hybridized carbons (Fsp3) is 0.0667. The molecule has 108 valence electrons. The van der Waals surface area contributed by atoms with E-state index in [2.05, 4.69) is 16.3 Å². The summed E-state index contributed by atoms with van der Waals surface area (Å²) in [4.78, 5) is 11.4. The van der Waals surface area contributed by atoms with E-state index in [0.29, 0.717) is 16.9 Å². The topological polar surface area (TPSA) is 123 Å². The van der Waals surface area contributed by atoms with Crippen molar-refractivity contribution < 1.29 is 4.79 Å². The maximum absolute atomic E-state index is 11.4. The predicted octanol–water partition coefficient (Wildman–Crippen LogP) is 1.26. The number of nitriles is 1. The van der Waals surface area contributed by atoms with Crippen LogP contribution in [0, 0.1) is 18.3 Å². The van der Waals surface area contributed by atoms with Gasteiger partial charge >= 0.3 is 0 Å². The highest BCUT2D eigenvalue weighted by molar-refractivity contribution is 5.96. The number of amides is 1. The summed E-state index contributed by atoms with van der Waals surface area (Å²) < 4.78 is 1.55. The van der Waals surface area contributed by atoms with Gasteiger partial charge in [-0.1, -0.05) is 30.3 Å². The largest absolute Gasteiger partial charge is 0.383 e. The lowest BCUT2D eigenvalue weighted by Crippen LogP contribution is -2.19. The first kappa shape index (κ1) is 13.6. The Labute approximate surface area is 125 Å². The van der Waals surface area contributed by atoms with Crippen LogP contribution in [-0.4, -0.2) is 20.5 Å². The standard InChI is InChI=1S/C15H12N6O/c1-8-10(7-16)15-20-19-11(14(18)22)13(17)21(15)12(8)9-5-3-2-4-6-9/h2-6H,17H2,1H3,(H2,18,22). The first-order chi connectivity index (χ1) is 10.6. The quantitative estimate of drug-likeness (QED) is 0.735. The molecule has 3 aromatic rings. The van der Waals surface area contributed by atoms with E-state index in [9.17, 15) is 10.1 Å². The van der Waals surface area contributed by atoms with E-state index >= 15 is 0 Å². The minimum Gasteiger partial charge on any atom is -0.383 e. The summed E-state index contributed by atoms with van der Waals surface area (Å²) in [5.74, 6) is -0.697. The molecule has 7 nitrogen and oxygen atoms in total. The van der Waals surface area contributed by atoms with Crippen molar-refractivity contribution >= 4 is 17.4 Å². The smallest absolute Gasteiger partial charge is 0.273 e. The lowest BCUT2D eigenvalue weighted by molar-refractivity contribution is 0.0995. The molecule has 7 heteroatoms. The predicted molar refractivity (Wildman–Crippen MR) is 80.8 cm³/mol. The van der Waals surface area contributed by atoms with Crippen molar-refractivity contribution in [3.8, 4) is 17.3 Å². The third kappa shape index (κ3) is 1.78. The lowest BCUT2D eigenvalue weighted by Gasteiger charge is -2.08. The van der Waals surface area contributed by atoms with Crippen LogP contribution < -0.4 is 11.5 Å². The summed E-state index contributed by atoms with van der Waals surface area (Å²) in [5, 5.41) is 17.1. The molecule has 0 spiro atoms. The van der Waals surface area contributed by atoms with Crippen molar-refractivity contribution in [2.45, 2.75) is 6.92 Å². The fourth-order valence-corrected chi connectivity index (χ4v) is 2.51. The molecule has 0 aliphatic carbocycles. The van der Waals surface area contributed by atoms with E-state index in [4.69, 9.17) is 11.5 Å². The number of carbonyl (C=O) groups excluding carboxylic acids is 1. The average Bonchev–Trinajstić information content (AvgIpc) is 2.80. The van der Waals surface area contributed by atoms with Gasteiger partial charge in [0.2, 0.25) is 0 Å². The molecule has 2 aromatic heterocycles. The van der Waals surface area contributed by atoms with Crippen LogP contribution in [0.2, 0.25) is 0 Å². The van der Waals surface area contributed by atoms with Gasteiger partial charge in [-0.15, -0.1) is 10.2 Å². The maximum Gasteiger partial charge on any atom is 0.273 e. The molecule has 0 unspecified atom stereocenters. The molecule has 2 heterocycles. The Morgan fingerprint density at radius 2 is 1.95 bits per heavy atom. The van der Waals surface area contributed by atoms with Crippen molar-refractivity contribution in [3.05, 3.63) is 47.2 Å². The highest BCUT2D eigenvalue weighted by Gasteiger charge is 2.22. The summed E-state index contributed by atoms with van der Waals surface area (Å²) in [5.41, 5.74) is 14.1. The fourth-order valence-electron chi connectivity index (χ4n) is 2.51. The number of carbonyl (C=O) groups is 1. The molecule has 0 aliphatic rings. The molecule has 0 bridgehead atoms. The molecular weight excluding hydrogens is 280 g/mol. The first-order valence-electron chi connectivity index (χ1n) is 6.48. The van der Waals surface area contributed by atoms with Crippen molar-refractivity contribution in [2.75, 3.05) is 5.73 Å². The Hall–Kier alpha value is -3.40. The zero-order valence-corrected chi connectivity index (χ0v) is 11.7. The Morgan fingerprint density at radius 1 is 1.27 bits per heavy atom. The molecule has 0 aliphatic heterocycles. The molecule has 0 fully saturated rings. The third-order valence-corrected chi connectivity index (χ3v) is 3.51. The number of primary amides is 1. The van der Waals surface area contributed by atoms with Gasteiger partial charge in [0.15, 0.2) is 11.3 Å². The minimum absolute atomic E-state index is 0.0703. The first-order valence-corrected chi connectivity index (χ1v) is 6.48. The second-order valence-electron chi connectivity index (χ2n) is 4.78. The maximum atomic E-state index is 11.4. The summed E-state index contributed by atoms with van der Waals surface area (Å²) in [7, 11) is 0. The Bertz CT molecular complexity index is 936. The van der Waals surface area contributed by atoms with Crippen molar-refractivity contribution in [3.63, 3.8) is 0 Å². The molecular formula is C15H12N6O. The number of anilines is 1. The zero-order valence-electron chi connectivity index (χ0n) is 11.7. The van der Waals surface area contributed by atoms with Gasteiger partial charge < -0.3 is 11.5 Å². The number of nitrogen functional groups attached to an aromatic ring is 1. The van der Waals surface area contributed by atoms with Gasteiger partial charge in [-0.3, -0.25) is 9.20 Å². The molecule has 0 saturated carbocycles. The molecule has 0 saturated heterocycles. The van der Waals surface area contributed by atoms with E-state index in [0.717, 1.165) is 11.1 Å². The second-order valence-corrected chi connectivity index (χ2v) is 4.78. The van der Waals surface area contributed by atoms with Crippen LogP contribution >= 0.6 is 0 Å². The van der Waals surface area contributed by atoms with E-state index < -0.39 is 5.91 Å². The van der Waals surface area contributed by atoms with Gasteiger partial charge in [-0.05, 0) is 18.1 Å². The zero-order chi connectivity index (χ0) is 15.9. The SMILES string of the molecule is Cc1c(C#N)c2nnc(C(N)=O)c(N)n2c1-c1ccccc1. The highest BCUT2D eigenvalue weighted by atomic mass is 16.1. The third-order valence-electron chi connectivity index (χ3n) is 3.51. The molecule has 1 aromatic carbocycles. The molecule has 1 amide bonds. The highest BCUT2D eigenvalue weighted by Crippen LogP contribution is 2.32. The monoisotopic (exact) mass is 292 g/mol. The Morgan fingerprint density at radius 3 is 2.55 bits per heavy atom. The van der Waals surface area contributed by atoms with Gasteiger partial charge in [-0.25, -0.2) is 0 Å². The van der Waals surface area contributed by atoms with Crippen LogP contribution in [0.25, 0.3) is 16.9 Å². The van der Waals surface area contributed by atoms with E-state index in [1.165, 1.54) is 0 Å². The summed E-state index contributed by atoms with van der Waals surface area (Å²) in [6, 6.07) is 11.5. The normalized spacial score (nSPS) is 10.5. The van der Waals surface area contributed by atoms with Crippen molar-refractivity contribution in [2.24, 2.45) is 5.73 Å². The number of rotatable bonds is 2. The van der Waals surface area contributed by atoms with Gasteiger partial charge in [-0.2, -0.15) is 5.26 Å². The van der Waals surface area contributed by atoms with E-state index in [-0.39, 0.29) is 11.5 Å². The van der Waals surface area contributed by atoms with Crippen LogP contribution in [0.1, 0.15) is 21.6 Å². The number of benzene rings is 1. The van der Waals surface area contributed by atoms with E-state index in [1.54, 1.807) is 11.3 Å².